The summed E-state index contributed by atoms with van der Waals surface area (Å²) in [5.41, 5.74) is 0. The Bertz CT molecular complexity index is 323. The van der Waals surface area contributed by atoms with E-state index in [0.717, 1.165) is 25.9 Å². The van der Waals surface area contributed by atoms with Crippen LogP contribution < -0.4 is 5.32 Å². The Labute approximate surface area is 114 Å². The van der Waals surface area contributed by atoms with E-state index in [9.17, 15) is 9.59 Å². The SMILES string of the molecule is CC(NCC(=O)N1CCCC1)C(=O)N1CCOCC1. The predicted molar refractivity (Wildman–Crippen MR) is 70.7 cm³/mol. The molecule has 0 aromatic rings. The smallest absolute Gasteiger partial charge is 0.239 e. The summed E-state index contributed by atoms with van der Waals surface area (Å²) >= 11 is 0. The Kier molecular flexibility index (Phi) is 5.15. The maximum atomic E-state index is 12.1. The second-order valence-corrected chi connectivity index (χ2v) is 5.13. The molecule has 1 unspecified atom stereocenters. The lowest BCUT2D eigenvalue weighted by Gasteiger charge is -2.29. The van der Waals surface area contributed by atoms with Gasteiger partial charge in [-0.3, -0.25) is 14.9 Å². The highest BCUT2D eigenvalue weighted by Crippen LogP contribution is 2.07. The minimum absolute atomic E-state index is 0.0533. The van der Waals surface area contributed by atoms with Crippen molar-refractivity contribution in [2.24, 2.45) is 0 Å². The fourth-order valence-electron chi connectivity index (χ4n) is 2.46. The molecule has 0 spiro atoms. The molecule has 1 N–H and O–H groups in total. The van der Waals surface area contributed by atoms with Crippen LogP contribution in [0.4, 0.5) is 0 Å². The number of amides is 2. The first-order valence-corrected chi connectivity index (χ1v) is 7.06. The summed E-state index contributed by atoms with van der Waals surface area (Å²) in [6, 6.07) is -0.315. The van der Waals surface area contributed by atoms with Gasteiger partial charge in [-0.05, 0) is 19.8 Å². The number of ether oxygens (including phenoxy) is 1. The average molecular weight is 269 g/mol. The number of carbonyl (C=O) groups is 2. The van der Waals surface area contributed by atoms with Gasteiger partial charge in [0.15, 0.2) is 0 Å². The lowest BCUT2D eigenvalue weighted by molar-refractivity contribution is -0.137. The van der Waals surface area contributed by atoms with Crippen LogP contribution in [-0.2, 0) is 14.3 Å². The highest BCUT2D eigenvalue weighted by atomic mass is 16.5. The summed E-state index contributed by atoms with van der Waals surface area (Å²) in [5.74, 6) is 0.150. The summed E-state index contributed by atoms with van der Waals surface area (Å²) in [4.78, 5) is 27.6. The minimum Gasteiger partial charge on any atom is -0.378 e. The Morgan fingerprint density at radius 3 is 2.37 bits per heavy atom. The standard InChI is InChI=1S/C13H23N3O3/c1-11(13(18)16-6-8-19-9-7-16)14-10-12(17)15-4-2-3-5-15/h11,14H,2-10H2,1H3. The molecule has 2 rings (SSSR count). The van der Waals surface area contributed by atoms with Gasteiger partial charge in [0, 0.05) is 26.2 Å². The van der Waals surface area contributed by atoms with E-state index in [2.05, 4.69) is 5.32 Å². The zero-order valence-electron chi connectivity index (χ0n) is 11.6. The van der Waals surface area contributed by atoms with E-state index in [-0.39, 0.29) is 24.4 Å². The number of carbonyl (C=O) groups excluding carboxylic acids is 2. The van der Waals surface area contributed by atoms with Crippen molar-refractivity contribution < 1.29 is 14.3 Å². The molecule has 2 aliphatic rings. The van der Waals surface area contributed by atoms with E-state index in [0.29, 0.717) is 26.3 Å². The number of morpholine rings is 1. The van der Waals surface area contributed by atoms with Crippen molar-refractivity contribution in [3.63, 3.8) is 0 Å². The van der Waals surface area contributed by atoms with Crippen LogP contribution in [-0.4, -0.2) is 73.6 Å². The molecule has 1 atom stereocenters. The summed E-state index contributed by atoms with van der Waals surface area (Å²) in [5, 5.41) is 3.03. The maximum absolute atomic E-state index is 12.1. The molecule has 0 aliphatic carbocycles. The molecule has 2 aliphatic heterocycles. The maximum Gasteiger partial charge on any atom is 0.239 e. The molecule has 0 aromatic heterocycles. The topological polar surface area (TPSA) is 61.9 Å². The van der Waals surface area contributed by atoms with Crippen LogP contribution in [0.5, 0.6) is 0 Å². The normalized spacial score (nSPS) is 21.5. The first-order chi connectivity index (χ1) is 9.18. The number of hydrogen-bond donors (Lipinski definition) is 1. The van der Waals surface area contributed by atoms with E-state index >= 15 is 0 Å². The molecular formula is C13H23N3O3. The van der Waals surface area contributed by atoms with Crippen molar-refractivity contribution in [3.8, 4) is 0 Å². The number of nitrogens with one attached hydrogen (secondary N) is 1. The van der Waals surface area contributed by atoms with Gasteiger partial charge in [0.1, 0.15) is 0 Å². The lowest BCUT2D eigenvalue weighted by atomic mass is 10.2. The highest BCUT2D eigenvalue weighted by molar-refractivity contribution is 5.83. The van der Waals surface area contributed by atoms with E-state index < -0.39 is 0 Å². The van der Waals surface area contributed by atoms with Gasteiger partial charge < -0.3 is 14.5 Å². The molecule has 19 heavy (non-hydrogen) atoms. The number of nitrogens with zero attached hydrogens (tertiary/aromatic N) is 2. The molecule has 108 valence electrons. The number of rotatable bonds is 4. The second kappa shape index (κ2) is 6.86. The summed E-state index contributed by atoms with van der Waals surface area (Å²) in [6.45, 7) is 6.26. The summed E-state index contributed by atoms with van der Waals surface area (Å²) < 4.78 is 5.22. The Hall–Kier alpha value is -1.14. The van der Waals surface area contributed by atoms with Gasteiger partial charge in [-0.25, -0.2) is 0 Å². The van der Waals surface area contributed by atoms with Crippen molar-refractivity contribution in [3.05, 3.63) is 0 Å². The number of likely N-dealkylation sites (tertiary alicyclic amines) is 1. The van der Waals surface area contributed by atoms with Crippen LogP contribution in [0, 0.1) is 0 Å². The molecule has 2 saturated heterocycles. The van der Waals surface area contributed by atoms with Crippen molar-refractivity contribution in [2.45, 2.75) is 25.8 Å². The van der Waals surface area contributed by atoms with Crippen LogP contribution in [0.2, 0.25) is 0 Å². The van der Waals surface area contributed by atoms with Crippen LogP contribution >= 0.6 is 0 Å². The molecule has 6 nitrogen and oxygen atoms in total. The molecule has 2 amide bonds. The van der Waals surface area contributed by atoms with Crippen LogP contribution in [0.15, 0.2) is 0 Å². The van der Waals surface area contributed by atoms with Gasteiger partial charge in [-0.2, -0.15) is 0 Å². The molecule has 2 heterocycles. The summed E-state index contributed by atoms with van der Waals surface area (Å²) in [7, 11) is 0. The lowest BCUT2D eigenvalue weighted by Crippen LogP contribution is -2.51. The fraction of sp³-hybridized carbons (Fsp3) is 0.846. The first kappa shape index (κ1) is 14.3. The van der Waals surface area contributed by atoms with E-state index in [1.807, 2.05) is 11.8 Å². The molecule has 0 aromatic carbocycles. The molecule has 0 radical (unpaired) electrons. The zero-order chi connectivity index (χ0) is 13.7. The quantitative estimate of drug-likeness (QED) is 0.743. The molecule has 0 bridgehead atoms. The molecular weight excluding hydrogens is 246 g/mol. The van der Waals surface area contributed by atoms with Gasteiger partial charge in [-0.1, -0.05) is 0 Å². The average Bonchev–Trinajstić information content (AvgIpc) is 2.98. The van der Waals surface area contributed by atoms with Crippen LogP contribution in [0.25, 0.3) is 0 Å². The molecule has 0 saturated carbocycles. The van der Waals surface area contributed by atoms with Gasteiger partial charge in [0.2, 0.25) is 11.8 Å². The molecule has 2 fully saturated rings. The monoisotopic (exact) mass is 269 g/mol. The minimum atomic E-state index is -0.315. The zero-order valence-corrected chi connectivity index (χ0v) is 11.6. The van der Waals surface area contributed by atoms with Crippen molar-refractivity contribution >= 4 is 11.8 Å². The van der Waals surface area contributed by atoms with E-state index in [4.69, 9.17) is 4.74 Å². The van der Waals surface area contributed by atoms with Crippen LogP contribution in [0.3, 0.4) is 0 Å². The number of hydrogen-bond acceptors (Lipinski definition) is 4. The second-order valence-electron chi connectivity index (χ2n) is 5.13. The fourth-order valence-corrected chi connectivity index (χ4v) is 2.46. The van der Waals surface area contributed by atoms with Gasteiger partial charge in [0.05, 0.1) is 25.8 Å². The predicted octanol–water partition coefficient (Wildman–Crippen LogP) is -0.554. The van der Waals surface area contributed by atoms with Crippen LogP contribution in [0.1, 0.15) is 19.8 Å². The first-order valence-electron chi connectivity index (χ1n) is 7.06. The Morgan fingerprint density at radius 1 is 1.11 bits per heavy atom. The third kappa shape index (κ3) is 3.91. The molecule has 6 heteroatoms. The van der Waals surface area contributed by atoms with Crippen molar-refractivity contribution in [2.75, 3.05) is 45.9 Å². The van der Waals surface area contributed by atoms with E-state index in [1.165, 1.54) is 0 Å². The largest absolute Gasteiger partial charge is 0.378 e. The third-order valence-electron chi connectivity index (χ3n) is 3.71. The highest BCUT2D eigenvalue weighted by Gasteiger charge is 2.24. The third-order valence-corrected chi connectivity index (χ3v) is 3.71. The Balaban J connectivity index is 1.72. The van der Waals surface area contributed by atoms with Crippen molar-refractivity contribution in [1.82, 2.24) is 15.1 Å². The summed E-state index contributed by atoms with van der Waals surface area (Å²) in [6.07, 6.45) is 2.18. The van der Waals surface area contributed by atoms with Gasteiger partial charge >= 0.3 is 0 Å². The van der Waals surface area contributed by atoms with E-state index in [1.54, 1.807) is 4.90 Å². The van der Waals surface area contributed by atoms with Gasteiger partial charge in [-0.15, -0.1) is 0 Å². The van der Waals surface area contributed by atoms with Crippen molar-refractivity contribution in [1.29, 1.82) is 0 Å². The van der Waals surface area contributed by atoms with Gasteiger partial charge in [0.25, 0.3) is 0 Å². The Morgan fingerprint density at radius 2 is 1.74 bits per heavy atom.